The predicted molar refractivity (Wildman–Crippen MR) is 96.7 cm³/mol. The van der Waals surface area contributed by atoms with Crippen molar-refractivity contribution < 1.29 is 0 Å². The molecule has 0 atom stereocenters. The van der Waals surface area contributed by atoms with Gasteiger partial charge in [0.2, 0.25) is 0 Å². The van der Waals surface area contributed by atoms with Gasteiger partial charge in [-0.2, -0.15) is 5.26 Å². The third kappa shape index (κ3) is 2.47. The van der Waals surface area contributed by atoms with Crippen molar-refractivity contribution in [2.75, 3.05) is 0 Å². The van der Waals surface area contributed by atoms with Crippen LogP contribution in [0.2, 0.25) is 0 Å². The lowest BCUT2D eigenvalue weighted by atomic mass is 10.1. The van der Waals surface area contributed by atoms with E-state index in [-0.39, 0.29) is 0 Å². The van der Waals surface area contributed by atoms with Crippen molar-refractivity contribution in [3.05, 3.63) is 76.9 Å². The summed E-state index contributed by atoms with van der Waals surface area (Å²) in [6.45, 7) is 0. The largest absolute Gasteiger partial charge is 0.219 e. The summed E-state index contributed by atoms with van der Waals surface area (Å²) >= 11 is 3.59. The molecule has 114 valence electrons. The molecule has 4 rings (SSSR count). The van der Waals surface area contributed by atoms with E-state index in [0.29, 0.717) is 5.56 Å². The van der Waals surface area contributed by atoms with Gasteiger partial charge in [-0.15, -0.1) is 5.10 Å². The minimum Gasteiger partial charge on any atom is -0.219 e. The SMILES string of the molecule is N#Cc1ccc(-c2cn(-c3cccc4c(Br)cccc34)nn2)cc1. The lowest BCUT2D eigenvalue weighted by molar-refractivity contribution is 0.809. The number of fused-ring (bicyclic) bond motifs is 1. The molecule has 0 spiro atoms. The highest BCUT2D eigenvalue weighted by molar-refractivity contribution is 9.10. The molecule has 1 aromatic heterocycles. The van der Waals surface area contributed by atoms with Crippen molar-refractivity contribution in [3.63, 3.8) is 0 Å². The van der Waals surface area contributed by atoms with Crippen LogP contribution in [0.4, 0.5) is 0 Å². The van der Waals surface area contributed by atoms with Gasteiger partial charge in [0.1, 0.15) is 5.69 Å². The van der Waals surface area contributed by atoms with Crippen molar-refractivity contribution in [2.24, 2.45) is 0 Å². The molecule has 0 N–H and O–H groups in total. The second-order valence-electron chi connectivity index (χ2n) is 5.35. The quantitative estimate of drug-likeness (QED) is 0.509. The highest BCUT2D eigenvalue weighted by atomic mass is 79.9. The van der Waals surface area contributed by atoms with Crippen molar-refractivity contribution >= 4 is 26.7 Å². The number of halogens is 1. The molecular weight excluding hydrogens is 364 g/mol. The van der Waals surface area contributed by atoms with Crippen LogP contribution in [0.25, 0.3) is 27.7 Å². The Hall–Kier alpha value is -2.97. The van der Waals surface area contributed by atoms with Gasteiger partial charge in [0.15, 0.2) is 0 Å². The summed E-state index contributed by atoms with van der Waals surface area (Å²) in [5.74, 6) is 0. The molecule has 4 aromatic rings. The van der Waals surface area contributed by atoms with Gasteiger partial charge < -0.3 is 0 Å². The van der Waals surface area contributed by atoms with E-state index in [1.807, 2.05) is 42.6 Å². The molecule has 0 unspecified atom stereocenters. The topological polar surface area (TPSA) is 54.5 Å². The van der Waals surface area contributed by atoms with E-state index in [2.05, 4.69) is 44.4 Å². The van der Waals surface area contributed by atoms with Crippen LogP contribution < -0.4 is 0 Å². The van der Waals surface area contributed by atoms with E-state index in [4.69, 9.17) is 5.26 Å². The highest BCUT2D eigenvalue weighted by Crippen LogP contribution is 2.28. The Morgan fingerprint density at radius 2 is 1.67 bits per heavy atom. The number of rotatable bonds is 2. The van der Waals surface area contributed by atoms with Crippen LogP contribution in [0.3, 0.4) is 0 Å². The van der Waals surface area contributed by atoms with E-state index in [1.54, 1.807) is 16.8 Å². The summed E-state index contributed by atoms with van der Waals surface area (Å²) < 4.78 is 2.83. The first-order chi connectivity index (χ1) is 11.8. The van der Waals surface area contributed by atoms with Gasteiger partial charge in [-0.05, 0) is 29.7 Å². The molecule has 0 amide bonds. The number of benzene rings is 3. The molecule has 1 heterocycles. The summed E-state index contributed by atoms with van der Waals surface area (Å²) in [7, 11) is 0. The maximum atomic E-state index is 8.89. The second-order valence-corrected chi connectivity index (χ2v) is 6.20. The summed E-state index contributed by atoms with van der Waals surface area (Å²) in [4.78, 5) is 0. The highest BCUT2D eigenvalue weighted by Gasteiger charge is 2.09. The van der Waals surface area contributed by atoms with Crippen LogP contribution in [0.15, 0.2) is 71.3 Å². The lowest BCUT2D eigenvalue weighted by Gasteiger charge is -2.06. The monoisotopic (exact) mass is 374 g/mol. The maximum Gasteiger partial charge on any atom is 0.113 e. The van der Waals surface area contributed by atoms with Crippen molar-refractivity contribution in [1.29, 1.82) is 5.26 Å². The Labute approximate surface area is 147 Å². The van der Waals surface area contributed by atoms with Crippen LogP contribution in [0.1, 0.15) is 5.56 Å². The summed E-state index contributed by atoms with van der Waals surface area (Å²) in [6, 6.07) is 21.6. The Bertz CT molecular complexity index is 1070. The summed E-state index contributed by atoms with van der Waals surface area (Å²) in [6.07, 6.45) is 1.90. The summed E-state index contributed by atoms with van der Waals surface area (Å²) in [5.41, 5.74) is 3.30. The van der Waals surface area contributed by atoms with Crippen LogP contribution in [-0.4, -0.2) is 15.0 Å². The van der Waals surface area contributed by atoms with Crippen molar-refractivity contribution in [3.8, 4) is 23.0 Å². The number of nitrogens with zero attached hydrogens (tertiary/aromatic N) is 4. The molecule has 0 aliphatic rings. The van der Waals surface area contributed by atoms with Crippen LogP contribution >= 0.6 is 15.9 Å². The zero-order chi connectivity index (χ0) is 16.5. The van der Waals surface area contributed by atoms with Crippen molar-refractivity contribution in [1.82, 2.24) is 15.0 Å². The van der Waals surface area contributed by atoms with Gasteiger partial charge in [-0.25, -0.2) is 4.68 Å². The maximum absolute atomic E-state index is 8.89. The minimum absolute atomic E-state index is 0.630. The summed E-state index contributed by atoms with van der Waals surface area (Å²) in [5, 5.41) is 19.7. The molecule has 0 saturated carbocycles. The fraction of sp³-hybridized carbons (Fsp3) is 0. The predicted octanol–water partition coefficient (Wildman–Crippen LogP) is 4.72. The molecule has 0 radical (unpaired) electrons. The number of hydrogen-bond donors (Lipinski definition) is 0. The van der Waals surface area contributed by atoms with Gasteiger partial charge in [-0.3, -0.25) is 0 Å². The Kier molecular flexibility index (Phi) is 3.60. The van der Waals surface area contributed by atoms with Gasteiger partial charge in [-0.1, -0.05) is 57.5 Å². The van der Waals surface area contributed by atoms with E-state index in [0.717, 1.165) is 32.2 Å². The first kappa shape index (κ1) is 14.6. The van der Waals surface area contributed by atoms with Gasteiger partial charge in [0.25, 0.3) is 0 Å². The number of hydrogen-bond acceptors (Lipinski definition) is 3. The first-order valence-corrected chi connectivity index (χ1v) is 8.16. The van der Waals surface area contributed by atoms with Crippen LogP contribution in [0, 0.1) is 11.3 Å². The molecule has 0 fully saturated rings. The van der Waals surface area contributed by atoms with Gasteiger partial charge in [0, 0.05) is 15.4 Å². The number of nitriles is 1. The first-order valence-electron chi connectivity index (χ1n) is 7.37. The molecule has 24 heavy (non-hydrogen) atoms. The zero-order valence-electron chi connectivity index (χ0n) is 12.5. The van der Waals surface area contributed by atoms with Gasteiger partial charge >= 0.3 is 0 Å². The average molecular weight is 375 g/mol. The molecule has 0 saturated heterocycles. The van der Waals surface area contributed by atoms with E-state index < -0.39 is 0 Å². The third-order valence-electron chi connectivity index (χ3n) is 3.90. The van der Waals surface area contributed by atoms with Crippen molar-refractivity contribution in [2.45, 2.75) is 0 Å². The molecule has 0 aliphatic carbocycles. The second kappa shape index (κ2) is 5.91. The minimum atomic E-state index is 0.630. The standard InChI is InChI=1S/C19H11BrN4/c20-17-5-1-4-16-15(17)3-2-6-19(16)24-12-18(22-23-24)14-9-7-13(11-21)8-10-14/h1-10,12H. The average Bonchev–Trinajstić information content (AvgIpc) is 3.12. The Morgan fingerprint density at radius 1 is 0.917 bits per heavy atom. The molecule has 4 nitrogen and oxygen atoms in total. The van der Waals surface area contributed by atoms with E-state index >= 15 is 0 Å². The molecular formula is C19H11BrN4. The smallest absolute Gasteiger partial charge is 0.113 e. The molecule has 3 aromatic carbocycles. The Morgan fingerprint density at radius 3 is 2.46 bits per heavy atom. The number of aromatic nitrogens is 3. The van der Waals surface area contributed by atoms with Crippen LogP contribution in [-0.2, 0) is 0 Å². The fourth-order valence-electron chi connectivity index (χ4n) is 2.68. The van der Waals surface area contributed by atoms with E-state index in [1.165, 1.54) is 0 Å². The third-order valence-corrected chi connectivity index (χ3v) is 4.59. The fourth-order valence-corrected chi connectivity index (χ4v) is 3.18. The molecule has 0 bridgehead atoms. The van der Waals surface area contributed by atoms with Crippen LogP contribution in [0.5, 0.6) is 0 Å². The normalized spacial score (nSPS) is 10.7. The zero-order valence-corrected chi connectivity index (χ0v) is 14.1. The Balaban J connectivity index is 1.80. The van der Waals surface area contributed by atoms with Gasteiger partial charge in [0.05, 0.1) is 23.5 Å². The molecule has 5 heteroatoms. The molecule has 0 aliphatic heterocycles. The van der Waals surface area contributed by atoms with E-state index in [9.17, 15) is 0 Å². The lowest BCUT2D eigenvalue weighted by Crippen LogP contribution is -1.96.